The molecule has 4 nitrogen and oxygen atoms in total. The fourth-order valence-corrected chi connectivity index (χ4v) is 6.34. The highest BCUT2D eigenvalue weighted by atomic mass is 32.2. The number of rotatable bonds is 4. The standard InChI is InChI=1S/C22H25NO3S/c24-20-11-13-22(16-18-7-3-1-4-8-18)17-23(14-12-19(22)15-20)27(25,26)21-9-5-2-6-10-21/h1-10,19H,11-17H2. The highest BCUT2D eigenvalue weighted by Gasteiger charge is 2.48. The van der Waals surface area contributed by atoms with E-state index in [9.17, 15) is 13.2 Å². The number of nitrogens with zero attached hydrogens (tertiary/aromatic N) is 1. The second kappa shape index (κ2) is 7.21. The number of carbonyl (C=O) groups excluding carboxylic acids is 1. The molecule has 2 aliphatic rings. The maximum absolute atomic E-state index is 13.2. The van der Waals surface area contributed by atoms with Gasteiger partial charge >= 0.3 is 0 Å². The summed E-state index contributed by atoms with van der Waals surface area (Å²) < 4.78 is 28.0. The molecule has 1 aliphatic carbocycles. The summed E-state index contributed by atoms with van der Waals surface area (Å²) in [6.07, 6.45) is 3.50. The van der Waals surface area contributed by atoms with Crippen LogP contribution in [-0.4, -0.2) is 31.6 Å². The van der Waals surface area contributed by atoms with Crippen LogP contribution in [0.3, 0.4) is 0 Å². The van der Waals surface area contributed by atoms with Crippen molar-refractivity contribution in [3.05, 3.63) is 66.2 Å². The van der Waals surface area contributed by atoms with Crippen LogP contribution in [-0.2, 0) is 21.2 Å². The Hall–Kier alpha value is -1.98. The first kappa shape index (κ1) is 18.4. The van der Waals surface area contributed by atoms with Crippen molar-refractivity contribution < 1.29 is 13.2 Å². The number of piperidine rings is 1. The van der Waals surface area contributed by atoms with Gasteiger partial charge in [-0.25, -0.2) is 8.42 Å². The van der Waals surface area contributed by atoms with E-state index in [2.05, 4.69) is 12.1 Å². The summed E-state index contributed by atoms with van der Waals surface area (Å²) in [7, 11) is -3.51. The molecule has 0 amide bonds. The van der Waals surface area contributed by atoms with E-state index in [0.29, 0.717) is 36.6 Å². The first-order valence-corrected chi connectivity index (χ1v) is 11.0. The minimum atomic E-state index is -3.51. The maximum Gasteiger partial charge on any atom is 0.243 e. The van der Waals surface area contributed by atoms with Gasteiger partial charge in [-0.3, -0.25) is 4.79 Å². The second-order valence-electron chi connectivity index (χ2n) is 7.90. The molecule has 2 fully saturated rings. The number of fused-ring (bicyclic) bond motifs is 1. The number of carbonyl (C=O) groups is 1. The lowest BCUT2D eigenvalue weighted by Gasteiger charge is -2.50. The highest BCUT2D eigenvalue weighted by molar-refractivity contribution is 7.89. The summed E-state index contributed by atoms with van der Waals surface area (Å²) in [6.45, 7) is 0.989. The van der Waals surface area contributed by atoms with Gasteiger partial charge in [-0.05, 0) is 48.3 Å². The zero-order chi connectivity index (χ0) is 18.9. The van der Waals surface area contributed by atoms with Crippen LogP contribution in [0.5, 0.6) is 0 Å². The topological polar surface area (TPSA) is 54.5 Å². The monoisotopic (exact) mass is 383 g/mol. The predicted molar refractivity (Wildman–Crippen MR) is 105 cm³/mol. The normalized spacial score (nSPS) is 26.5. The Balaban J connectivity index is 1.66. The van der Waals surface area contributed by atoms with Crippen molar-refractivity contribution in [2.75, 3.05) is 13.1 Å². The molecular weight excluding hydrogens is 358 g/mol. The number of sulfonamides is 1. The minimum Gasteiger partial charge on any atom is -0.300 e. The average Bonchev–Trinajstić information content (AvgIpc) is 2.69. The molecule has 1 saturated carbocycles. The van der Waals surface area contributed by atoms with Crippen molar-refractivity contribution >= 4 is 15.8 Å². The maximum atomic E-state index is 13.2. The largest absolute Gasteiger partial charge is 0.300 e. The predicted octanol–water partition coefficient (Wildman–Crippen LogP) is 3.68. The van der Waals surface area contributed by atoms with Gasteiger partial charge in [-0.2, -0.15) is 4.31 Å². The number of ketones is 1. The first-order valence-electron chi connectivity index (χ1n) is 9.60. The number of benzene rings is 2. The summed E-state index contributed by atoms with van der Waals surface area (Å²) in [4.78, 5) is 12.4. The van der Waals surface area contributed by atoms with Crippen LogP contribution in [0.2, 0.25) is 0 Å². The average molecular weight is 384 g/mol. The van der Waals surface area contributed by atoms with Gasteiger partial charge in [-0.1, -0.05) is 48.5 Å². The Morgan fingerprint density at radius 2 is 1.67 bits per heavy atom. The Kier molecular flexibility index (Phi) is 4.91. The van der Waals surface area contributed by atoms with E-state index in [4.69, 9.17) is 0 Å². The van der Waals surface area contributed by atoms with Crippen molar-refractivity contribution in [2.45, 2.75) is 37.0 Å². The SMILES string of the molecule is O=C1CCC2(Cc3ccccc3)CN(S(=O)(=O)c3ccccc3)CCC2C1. The van der Waals surface area contributed by atoms with Crippen LogP contribution in [0.25, 0.3) is 0 Å². The van der Waals surface area contributed by atoms with Crippen LogP contribution in [0.4, 0.5) is 0 Å². The molecule has 1 aliphatic heterocycles. The van der Waals surface area contributed by atoms with Gasteiger partial charge in [0.05, 0.1) is 4.90 Å². The molecule has 5 heteroatoms. The summed E-state index contributed by atoms with van der Waals surface area (Å²) in [5, 5.41) is 0. The van der Waals surface area contributed by atoms with Crippen molar-refractivity contribution in [1.82, 2.24) is 4.31 Å². The molecule has 4 rings (SSSR count). The molecule has 0 aromatic heterocycles. The third-order valence-corrected chi connectivity index (χ3v) is 8.10. The molecule has 2 atom stereocenters. The molecule has 0 N–H and O–H groups in total. The number of Topliss-reactive ketones (excluding diaryl/α,β-unsaturated/α-hetero) is 1. The molecule has 1 heterocycles. The van der Waals surface area contributed by atoms with Crippen LogP contribution in [0, 0.1) is 11.3 Å². The Bertz CT molecular complexity index is 911. The quantitative estimate of drug-likeness (QED) is 0.809. The molecular formula is C22H25NO3S. The second-order valence-corrected chi connectivity index (χ2v) is 9.84. The summed E-state index contributed by atoms with van der Waals surface area (Å²) in [5.74, 6) is 0.587. The van der Waals surface area contributed by atoms with Gasteiger partial charge < -0.3 is 0 Å². The smallest absolute Gasteiger partial charge is 0.243 e. The van der Waals surface area contributed by atoms with E-state index < -0.39 is 10.0 Å². The third kappa shape index (κ3) is 3.58. The van der Waals surface area contributed by atoms with Crippen LogP contribution in [0.1, 0.15) is 31.2 Å². The summed E-state index contributed by atoms with van der Waals surface area (Å²) in [5.41, 5.74) is 1.06. The highest BCUT2D eigenvalue weighted by Crippen LogP contribution is 2.48. The minimum absolute atomic E-state index is 0.157. The van der Waals surface area contributed by atoms with Crippen LogP contribution < -0.4 is 0 Å². The third-order valence-electron chi connectivity index (χ3n) is 6.24. The lowest BCUT2D eigenvalue weighted by molar-refractivity contribution is -0.126. The van der Waals surface area contributed by atoms with Gasteiger partial charge in [0, 0.05) is 25.9 Å². The number of hydrogen-bond acceptors (Lipinski definition) is 3. The van der Waals surface area contributed by atoms with E-state index in [1.807, 2.05) is 24.3 Å². The zero-order valence-corrected chi connectivity index (χ0v) is 16.2. The van der Waals surface area contributed by atoms with Gasteiger partial charge in [-0.15, -0.1) is 0 Å². The van der Waals surface area contributed by atoms with E-state index in [1.54, 1.807) is 28.6 Å². The molecule has 142 valence electrons. The van der Waals surface area contributed by atoms with Crippen molar-refractivity contribution in [1.29, 1.82) is 0 Å². The van der Waals surface area contributed by atoms with E-state index in [1.165, 1.54) is 5.56 Å². The van der Waals surface area contributed by atoms with Crippen LogP contribution in [0.15, 0.2) is 65.6 Å². The molecule has 2 aromatic carbocycles. The molecule has 0 bridgehead atoms. The first-order chi connectivity index (χ1) is 13.0. The van der Waals surface area contributed by atoms with Gasteiger partial charge in [0.25, 0.3) is 0 Å². The number of hydrogen-bond donors (Lipinski definition) is 0. The lowest BCUT2D eigenvalue weighted by Crippen LogP contribution is -2.54. The molecule has 1 saturated heterocycles. The van der Waals surface area contributed by atoms with Gasteiger partial charge in [0.2, 0.25) is 10.0 Å². The van der Waals surface area contributed by atoms with Crippen molar-refractivity contribution in [3.63, 3.8) is 0 Å². The molecule has 0 radical (unpaired) electrons. The fraction of sp³-hybridized carbons (Fsp3) is 0.409. The van der Waals surface area contributed by atoms with Gasteiger partial charge in [0.1, 0.15) is 5.78 Å². The van der Waals surface area contributed by atoms with Crippen molar-refractivity contribution in [3.8, 4) is 0 Å². The fourth-order valence-electron chi connectivity index (χ4n) is 4.77. The summed E-state index contributed by atoms with van der Waals surface area (Å²) in [6, 6.07) is 18.9. The van der Waals surface area contributed by atoms with E-state index in [0.717, 1.165) is 19.3 Å². The van der Waals surface area contributed by atoms with E-state index in [-0.39, 0.29) is 11.3 Å². The Morgan fingerprint density at radius 1 is 1.00 bits per heavy atom. The van der Waals surface area contributed by atoms with Gasteiger partial charge in [0.15, 0.2) is 0 Å². The van der Waals surface area contributed by atoms with E-state index >= 15 is 0 Å². The zero-order valence-electron chi connectivity index (χ0n) is 15.4. The molecule has 0 spiro atoms. The molecule has 27 heavy (non-hydrogen) atoms. The summed E-state index contributed by atoms with van der Waals surface area (Å²) >= 11 is 0. The van der Waals surface area contributed by atoms with Crippen LogP contribution >= 0.6 is 0 Å². The molecule has 2 unspecified atom stereocenters. The lowest BCUT2D eigenvalue weighted by atomic mass is 9.60. The Morgan fingerprint density at radius 3 is 2.37 bits per heavy atom. The molecule has 2 aromatic rings. The Labute approximate surface area is 161 Å². The van der Waals surface area contributed by atoms with Crippen molar-refractivity contribution in [2.24, 2.45) is 11.3 Å².